The summed E-state index contributed by atoms with van der Waals surface area (Å²) in [5, 5.41) is 1.16. The third-order valence-corrected chi connectivity index (χ3v) is 5.27. The van der Waals surface area contributed by atoms with E-state index in [2.05, 4.69) is 52.9 Å². The predicted octanol–water partition coefficient (Wildman–Crippen LogP) is 5.21. The molecule has 2 heterocycles. The molecule has 0 spiro atoms. The number of carbonyl (C=O) groups is 1. The molecule has 5 nitrogen and oxygen atoms in total. The van der Waals surface area contributed by atoms with Crippen LogP contribution in [0.25, 0.3) is 10.9 Å². The minimum atomic E-state index is 0.0785. The number of nitrogens with zero attached hydrogens (tertiary/aromatic N) is 3. The van der Waals surface area contributed by atoms with Gasteiger partial charge in [0.05, 0.1) is 0 Å². The molecule has 4 rings (SSSR count). The SMILES string of the molecule is CN(C)CCCn1ccc2cc(Oc3ccc(C(=O)Cc4ccncc4)cc3)ccc21. The van der Waals surface area contributed by atoms with Crippen LogP contribution in [0.15, 0.2) is 79.3 Å². The Labute approximate surface area is 182 Å². The number of rotatable bonds is 9. The van der Waals surface area contributed by atoms with E-state index in [4.69, 9.17) is 4.74 Å². The number of aromatic nitrogens is 2. The molecule has 0 unspecified atom stereocenters. The van der Waals surface area contributed by atoms with Crippen molar-refractivity contribution in [1.82, 2.24) is 14.5 Å². The lowest BCUT2D eigenvalue weighted by Gasteiger charge is -2.11. The average Bonchev–Trinajstić information content (AvgIpc) is 3.17. The maximum Gasteiger partial charge on any atom is 0.167 e. The molecular formula is C26H27N3O2. The van der Waals surface area contributed by atoms with Crippen LogP contribution >= 0.6 is 0 Å². The Morgan fingerprint density at radius 2 is 1.71 bits per heavy atom. The molecular weight excluding hydrogens is 386 g/mol. The maximum atomic E-state index is 12.5. The molecule has 4 aromatic rings. The fraction of sp³-hybridized carbons (Fsp3) is 0.231. The zero-order valence-corrected chi connectivity index (χ0v) is 18.0. The van der Waals surface area contributed by atoms with Crippen LogP contribution in [0.5, 0.6) is 11.5 Å². The second-order valence-electron chi connectivity index (χ2n) is 7.97. The van der Waals surface area contributed by atoms with E-state index in [1.807, 2.05) is 42.5 Å². The molecule has 0 aliphatic carbocycles. The molecule has 158 valence electrons. The van der Waals surface area contributed by atoms with Gasteiger partial charge in [-0.2, -0.15) is 0 Å². The number of ketones is 1. The largest absolute Gasteiger partial charge is 0.457 e. The number of hydrogen-bond donors (Lipinski definition) is 0. The van der Waals surface area contributed by atoms with Crippen LogP contribution < -0.4 is 4.74 Å². The minimum Gasteiger partial charge on any atom is -0.457 e. The van der Waals surface area contributed by atoms with Crippen LogP contribution in [-0.2, 0) is 13.0 Å². The van der Waals surface area contributed by atoms with Crippen LogP contribution in [0.3, 0.4) is 0 Å². The van der Waals surface area contributed by atoms with Crippen LogP contribution in [0.2, 0.25) is 0 Å². The van der Waals surface area contributed by atoms with Gasteiger partial charge in [-0.1, -0.05) is 0 Å². The van der Waals surface area contributed by atoms with Crippen LogP contribution in [0.1, 0.15) is 22.3 Å². The third-order valence-electron chi connectivity index (χ3n) is 5.27. The first-order valence-electron chi connectivity index (χ1n) is 10.5. The molecule has 0 aliphatic rings. The number of Topliss-reactive ketones (excluding diaryl/α,β-unsaturated/α-hetero) is 1. The predicted molar refractivity (Wildman–Crippen MR) is 124 cm³/mol. The molecule has 0 radical (unpaired) electrons. The van der Waals surface area contributed by atoms with Gasteiger partial charge in [0.2, 0.25) is 0 Å². The number of carbonyl (C=O) groups excluding carboxylic acids is 1. The van der Waals surface area contributed by atoms with E-state index in [0.29, 0.717) is 17.7 Å². The summed E-state index contributed by atoms with van der Waals surface area (Å²) in [5.74, 6) is 1.58. The lowest BCUT2D eigenvalue weighted by atomic mass is 10.0. The normalized spacial score (nSPS) is 11.2. The second-order valence-corrected chi connectivity index (χ2v) is 7.97. The zero-order chi connectivity index (χ0) is 21.6. The standard InChI is InChI=1S/C26H27N3O2/c1-28(2)15-3-16-29-17-12-22-19-24(8-9-25(22)29)31-23-6-4-21(5-7-23)26(30)18-20-10-13-27-14-11-20/h4-14,17,19H,3,15-16,18H2,1-2H3. The Kier molecular flexibility index (Phi) is 6.43. The summed E-state index contributed by atoms with van der Waals surface area (Å²) in [7, 11) is 4.20. The van der Waals surface area contributed by atoms with Crippen LogP contribution in [0.4, 0.5) is 0 Å². The van der Waals surface area contributed by atoms with E-state index in [0.717, 1.165) is 36.2 Å². The third kappa shape index (κ3) is 5.38. The minimum absolute atomic E-state index is 0.0785. The highest BCUT2D eigenvalue weighted by atomic mass is 16.5. The quantitative estimate of drug-likeness (QED) is 0.354. The zero-order valence-electron chi connectivity index (χ0n) is 18.0. The van der Waals surface area contributed by atoms with Gasteiger partial charge in [0.15, 0.2) is 5.78 Å². The van der Waals surface area contributed by atoms with Crippen molar-refractivity contribution in [1.29, 1.82) is 0 Å². The van der Waals surface area contributed by atoms with E-state index < -0.39 is 0 Å². The van der Waals surface area contributed by atoms with E-state index in [9.17, 15) is 4.79 Å². The van der Waals surface area contributed by atoms with Crippen molar-refractivity contribution >= 4 is 16.7 Å². The van der Waals surface area contributed by atoms with Gasteiger partial charge < -0.3 is 14.2 Å². The van der Waals surface area contributed by atoms with Crippen LogP contribution in [-0.4, -0.2) is 40.9 Å². The van der Waals surface area contributed by atoms with E-state index >= 15 is 0 Å². The van der Waals surface area contributed by atoms with Gasteiger partial charge >= 0.3 is 0 Å². The number of ether oxygens (including phenoxy) is 1. The molecule has 0 N–H and O–H groups in total. The van der Waals surface area contributed by atoms with Gasteiger partial charge in [-0.15, -0.1) is 0 Å². The Morgan fingerprint density at radius 3 is 2.45 bits per heavy atom. The molecule has 2 aromatic heterocycles. The van der Waals surface area contributed by atoms with Gasteiger partial charge in [-0.05, 0) is 93.3 Å². The van der Waals surface area contributed by atoms with Crippen molar-refractivity contribution in [2.75, 3.05) is 20.6 Å². The topological polar surface area (TPSA) is 47.4 Å². The van der Waals surface area contributed by atoms with Gasteiger partial charge in [-0.25, -0.2) is 0 Å². The summed E-state index contributed by atoms with van der Waals surface area (Å²) < 4.78 is 8.31. The van der Waals surface area contributed by atoms with Crippen molar-refractivity contribution in [2.45, 2.75) is 19.4 Å². The first-order valence-corrected chi connectivity index (χ1v) is 10.5. The average molecular weight is 414 g/mol. The molecule has 5 heteroatoms. The summed E-state index contributed by atoms with van der Waals surface area (Å²) in [6, 6.07) is 19.3. The van der Waals surface area contributed by atoms with Crippen molar-refractivity contribution in [3.8, 4) is 11.5 Å². The second kappa shape index (κ2) is 9.58. The number of benzene rings is 2. The summed E-state index contributed by atoms with van der Waals surface area (Å²) in [5.41, 5.74) is 2.85. The number of aryl methyl sites for hydroxylation is 1. The molecule has 2 aromatic carbocycles. The summed E-state index contributed by atoms with van der Waals surface area (Å²) in [4.78, 5) is 18.7. The van der Waals surface area contributed by atoms with E-state index in [1.54, 1.807) is 12.4 Å². The molecule has 0 amide bonds. The lowest BCUT2D eigenvalue weighted by molar-refractivity contribution is 0.0993. The molecule has 0 bridgehead atoms. The molecule has 0 saturated carbocycles. The highest BCUT2D eigenvalue weighted by Gasteiger charge is 2.08. The van der Waals surface area contributed by atoms with Gasteiger partial charge in [0.1, 0.15) is 11.5 Å². The lowest BCUT2D eigenvalue weighted by Crippen LogP contribution is -2.14. The fourth-order valence-corrected chi connectivity index (χ4v) is 3.63. The number of hydrogen-bond acceptors (Lipinski definition) is 4. The highest BCUT2D eigenvalue weighted by Crippen LogP contribution is 2.27. The summed E-state index contributed by atoms with van der Waals surface area (Å²) >= 11 is 0. The smallest absolute Gasteiger partial charge is 0.167 e. The maximum absolute atomic E-state index is 12.5. The van der Waals surface area contributed by atoms with Crippen molar-refractivity contribution in [3.05, 3.63) is 90.4 Å². The van der Waals surface area contributed by atoms with Gasteiger partial charge in [-0.3, -0.25) is 9.78 Å². The molecule has 31 heavy (non-hydrogen) atoms. The molecule has 0 fully saturated rings. The van der Waals surface area contributed by atoms with Crippen molar-refractivity contribution in [2.24, 2.45) is 0 Å². The summed E-state index contributed by atoms with van der Waals surface area (Å²) in [6.45, 7) is 2.07. The number of fused-ring (bicyclic) bond motifs is 1. The Morgan fingerprint density at radius 1 is 0.968 bits per heavy atom. The van der Waals surface area contributed by atoms with Gasteiger partial charge in [0.25, 0.3) is 0 Å². The molecule has 0 saturated heterocycles. The first-order chi connectivity index (χ1) is 15.1. The fourth-order valence-electron chi connectivity index (χ4n) is 3.63. The van der Waals surface area contributed by atoms with Crippen molar-refractivity contribution < 1.29 is 9.53 Å². The molecule has 0 aliphatic heterocycles. The van der Waals surface area contributed by atoms with Crippen LogP contribution in [0, 0.1) is 0 Å². The summed E-state index contributed by atoms with van der Waals surface area (Å²) in [6.07, 6.45) is 7.02. The monoisotopic (exact) mass is 413 g/mol. The highest BCUT2D eigenvalue weighted by molar-refractivity contribution is 5.97. The van der Waals surface area contributed by atoms with E-state index in [1.165, 1.54) is 5.52 Å². The Hall–Kier alpha value is -3.44. The Balaban J connectivity index is 1.40. The first kappa shape index (κ1) is 20.8. The van der Waals surface area contributed by atoms with Crippen molar-refractivity contribution in [3.63, 3.8) is 0 Å². The Bertz CT molecular complexity index is 1150. The number of pyridine rings is 1. The van der Waals surface area contributed by atoms with E-state index in [-0.39, 0.29) is 5.78 Å². The molecule has 0 atom stereocenters. The van der Waals surface area contributed by atoms with Gasteiger partial charge in [0, 0.05) is 48.0 Å².